The molecule has 16 heavy (non-hydrogen) atoms. The minimum Gasteiger partial charge on any atom is -0.399 e. The summed E-state index contributed by atoms with van der Waals surface area (Å²) in [6, 6.07) is 6.36. The second-order valence-electron chi connectivity index (χ2n) is 3.28. The molecule has 0 amide bonds. The van der Waals surface area contributed by atoms with Gasteiger partial charge in [-0.3, -0.25) is 0 Å². The van der Waals surface area contributed by atoms with E-state index in [1.807, 2.05) is 0 Å². The quantitative estimate of drug-likeness (QED) is 0.573. The smallest absolute Gasteiger partial charge is 0.399 e. The van der Waals surface area contributed by atoms with Crippen LogP contribution in [0.5, 0.6) is 0 Å². The number of benzene rings is 1. The summed E-state index contributed by atoms with van der Waals surface area (Å²) >= 11 is 0. The number of hydroxylamine groups is 1. The summed E-state index contributed by atoms with van der Waals surface area (Å²) < 4.78 is 36.8. The molecule has 0 bridgehead atoms. The van der Waals surface area contributed by atoms with Crippen molar-refractivity contribution in [3.63, 3.8) is 0 Å². The van der Waals surface area contributed by atoms with Gasteiger partial charge >= 0.3 is 18.2 Å². The first kappa shape index (κ1) is 10.7. The van der Waals surface area contributed by atoms with Crippen LogP contribution in [0.4, 0.5) is 18.9 Å². The first-order valence-electron chi connectivity index (χ1n) is 4.44. The third kappa shape index (κ3) is 2.08. The fraction of sp³-hybridized carbons (Fsp3) is 0.222. The van der Waals surface area contributed by atoms with Crippen LogP contribution in [0.3, 0.4) is 0 Å². The van der Waals surface area contributed by atoms with Crippen molar-refractivity contribution in [2.75, 3.05) is 5.73 Å². The Balaban J connectivity index is 2.21. The van der Waals surface area contributed by atoms with Gasteiger partial charge in [0.25, 0.3) is 0 Å². The topological polar surface area (TPSA) is 61.2 Å². The Kier molecular flexibility index (Phi) is 2.47. The number of nitrogens with one attached hydrogen (secondary N) is 2. The number of nitrogen functional groups attached to an aromatic ring is 1. The molecule has 1 unspecified atom stereocenters. The first-order valence-corrected chi connectivity index (χ1v) is 4.44. The third-order valence-electron chi connectivity index (χ3n) is 2.05. The fourth-order valence-electron chi connectivity index (χ4n) is 1.25. The lowest BCUT2D eigenvalue weighted by atomic mass is 10.2. The lowest BCUT2D eigenvalue weighted by Gasteiger charge is -2.04. The summed E-state index contributed by atoms with van der Waals surface area (Å²) in [5, 5.41) is 0. The predicted octanol–water partition coefficient (Wildman–Crippen LogP) is -0.481. The SMILES string of the molecule is Nc1ccc(C2=[NH+]C(C(F)(F)F)ON2)cc1. The minimum atomic E-state index is -4.46. The van der Waals surface area contributed by atoms with E-state index in [1.54, 1.807) is 24.3 Å². The highest BCUT2D eigenvalue weighted by atomic mass is 19.4. The molecule has 7 heteroatoms. The standard InChI is InChI=1S/C9H8F3N3O/c10-9(11,12)8-14-7(15-16-8)5-1-3-6(13)4-2-5/h1-4,8H,13H2,(H,14,15)/p+1. The van der Waals surface area contributed by atoms with Gasteiger partial charge < -0.3 is 5.73 Å². The molecule has 2 rings (SSSR count). The molecule has 4 N–H and O–H groups in total. The Bertz CT molecular complexity index is 413. The lowest BCUT2D eigenvalue weighted by Crippen LogP contribution is -2.81. The Morgan fingerprint density at radius 1 is 1.25 bits per heavy atom. The number of nitrogens with two attached hydrogens (primary N) is 1. The van der Waals surface area contributed by atoms with Crippen LogP contribution >= 0.6 is 0 Å². The van der Waals surface area contributed by atoms with Crippen LogP contribution in [-0.2, 0) is 4.84 Å². The molecule has 1 aliphatic rings. The molecule has 0 spiro atoms. The van der Waals surface area contributed by atoms with Crippen LogP contribution in [0.2, 0.25) is 0 Å². The number of halogens is 3. The monoisotopic (exact) mass is 232 g/mol. The summed E-state index contributed by atoms with van der Waals surface area (Å²) in [6.45, 7) is 0. The second-order valence-corrected chi connectivity index (χ2v) is 3.28. The summed E-state index contributed by atoms with van der Waals surface area (Å²) in [6.07, 6.45) is -6.48. The summed E-state index contributed by atoms with van der Waals surface area (Å²) in [5.41, 5.74) is 8.73. The van der Waals surface area contributed by atoms with Crippen LogP contribution in [0.15, 0.2) is 24.3 Å². The molecule has 1 atom stereocenters. The van der Waals surface area contributed by atoms with Crippen LogP contribution in [0.1, 0.15) is 5.56 Å². The van der Waals surface area contributed by atoms with E-state index in [0.717, 1.165) is 0 Å². The average molecular weight is 232 g/mol. The van der Waals surface area contributed by atoms with E-state index in [4.69, 9.17) is 5.73 Å². The molecule has 1 heterocycles. The molecule has 86 valence electrons. The molecule has 0 fully saturated rings. The molecule has 1 aliphatic heterocycles. The summed E-state index contributed by atoms with van der Waals surface area (Å²) in [4.78, 5) is 6.54. The van der Waals surface area contributed by atoms with Gasteiger partial charge in [-0.1, -0.05) is 0 Å². The molecule has 1 aromatic carbocycles. The third-order valence-corrected chi connectivity index (χ3v) is 2.05. The van der Waals surface area contributed by atoms with Gasteiger partial charge in [-0.05, 0) is 24.3 Å². The molecular formula is C9H9F3N3O+. The van der Waals surface area contributed by atoms with Gasteiger partial charge in [-0.2, -0.15) is 13.2 Å². The zero-order valence-corrected chi connectivity index (χ0v) is 8.01. The van der Waals surface area contributed by atoms with Crippen molar-refractivity contribution in [2.45, 2.75) is 12.4 Å². The van der Waals surface area contributed by atoms with E-state index in [-0.39, 0.29) is 5.84 Å². The largest absolute Gasteiger partial charge is 0.460 e. The van der Waals surface area contributed by atoms with E-state index in [0.29, 0.717) is 11.3 Å². The molecule has 0 saturated carbocycles. The van der Waals surface area contributed by atoms with E-state index in [9.17, 15) is 13.2 Å². The predicted molar refractivity (Wildman–Crippen MR) is 50.0 cm³/mol. The number of hydrogen-bond donors (Lipinski definition) is 3. The number of alkyl halides is 3. The summed E-state index contributed by atoms with van der Waals surface area (Å²) in [7, 11) is 0. The van der Waals surface area contributed by atoms with Crippen LogP contribution in [0, 0.1) is 0 Å². The maximum atomic E-state index is 12.3. The van der Waals surface area contributed by atoms with Gasteiger partial charge in [0, 0.05) is 5.69 Å². The minimum absolute atomic E-state index is 0.169. The maximum absolute atomic E-state index is 12.3. The Morgan fingerprint density at radius 3 is 2.38 bits per heavy atom. The molecule has 4 nitrogen and oxygen atoms in total. The highest BCUT2D eigenvalue weighted by Gasteiger charge is 2.48. The van der Waals surface area contributed by atoms with Gasteiger partial charge in [0.2, 0.25) is 0 Å². The van der Waals surface area contributed by atoms with Crippen molar-refractivity contribution < 1.29 is 23.0 Å². The zero-order valence-electron chi connectivity index (χ0n) is 8.01. The highest BCUT2D eigenvalue weighted by Crippen LogP contribution is 2.18. The summed E-state index contributed by atoms with van der Waals surface area (Å²) in [5.74, 6) is 0.169. The van der Waals surface area contributed by atoms with Gasteiger partial charge in [0.05, 0.1) is 5.56 Å². The van der Waals surface area contributed by atoms with E-state index >= 15 is 0 Å². The van der Waals surface area contributed by atoms with Gasteiger partial charge in [0.1, 0.15) is 0 Å². The first-order chi connectivity index (χ1) is 7.47. The van der Waals surface area contributed by atoms with E-state index in [2.05, 4.69) is 15.3 Å². The average Bonchev–Trinajstić information content (AvgIpc) is 2.67. The number of anilines is 1. The van der Waals surface area contributed by atoms with Crippen molar-refractivity contribution >= 4 is 11.5 Å². The highest BCUT2D eigenvalue weighted by molar-refractivity contribution is 5.94. The van der Waals surface area contributed by atoms with Crippen molar-refractivity contribution in [3.05, 3.63) is 29.8 Å². The number of hydrogen-bond acceptors (Lipinski definition) is 3. The number of rotatable bonds is 1. The van der Waals surface area contributed by atoms with Gasteiger partial charge in [-0.25, -0.2) is 4.99 Å². The molecule has 1 aromatic rings. The van der Waals surface area contributed by atoms with E-state index < -0.39 is 12.4 Å². The van der Waals surface area contributed by atoms with E-state index in [1.165, 1.54) is 0 Å². The Labute approximate surface area is 88.9 Å². The zero-order chi connectivity index (χ0) is 11.8. The Morgan fingerprint density at radius 2 is 1.88 bits per heavy atom. The van der Waals surface area contributed by atoms with Crippen molar-refractivity contribution in [3.8, 4) is 0 Å². The van der Waals surface area contributed by atoms with Crippen LogP contribution in [-0.4, -0.2) is 18.2 Å². The fourth-order valence-corrected chi connectivity index (χ4v) is 1.25. The van der Waals surface area contributed by atoms with Crippen molar-refractivity contribution in [1.29, 1.82) is 0 Å². The van der Waals surface area contributed by atoms with Crippen molar-refractivity contribution in [1.82, 2.24) is 5.48 Å². The van der Waals surface area contributed by atoms with Gasteiger partial charge in [-0.15, -0.1) is 10.3 Å². The molecule has 0 radical (unpaired) electrons. The van der Waals surface area contributed by atoms with Gasteiger partial charge in [0.15, 0.2) is 0 Å². The van der Waals surface area contributed by atoms with Crippen LogP contribution in [0.25, 0.3) is 0 Å². The van der Waals surface area contributed by atoms with Crippen LogP contribution < -0.4 is 16.2 Å². The molecular weight excluding hydrogens is 223 g/mol. The molecule has 0 aliphatic carbocycles. The normalized spacial score (nSPS) is 20.4. The molecule has 0 aromatic heterocycles. The maximum Gasteiger partial charge on any atom is 0.460 e. The Hall–Kier alpha value is -1.76. The molecule has 0 saturated heterocycles. The number of amidine groups is 1. The lowest BCUT2D eigenvalue weighted by molar-refractivity contribution is -0.588. The second kappa shape index (κ2) is 3.67. The van der Waals surface area contributed by atoms with Crippen molar-refractivity contribution in [2.24, 2.45) is 0 Å².